The first-order valence-electron chi connectivity index (χ1n) is 10.9. The predicted octanol–water partition coefficient (Wildman–Crippen LogP) is 2.63. The van der Waals surface area contributed by atoms with Gasteiger partial charge in [-0.25, -0.2) is 8.42 Å². The summed E-state index contributed by atoms with van der Waals surface area (Å²) in [5, 5.41) is 3.23. The highest BCUT2D eigenvalue weighted by Gasteiger charge is 2.29. The fourth-order valence-corrected chi connectivity index (χ4v) is 5.66. The third kappa shape index (κ3) is 5.49. The molecule has 0 aromatic heterocycles. The lowest BCUT2D eigenvalue weighted by molar-refractivity contribution is -0.131. The summed E-state index contributed by atoms with van der Waals surface area (Å²) in [6.07, 6.45) is 0.137. The van der Waals surface area contributed by atoms with E-state index in [1.807, 2.05) is 51.1 Å². The summed E-state index contributed by atoms with van der Waals surface area (Å²) in [5.41, 5.74) is 3.43. The monoisotopic (exact) mass is 459 g/mol. The Morgan fingerprint density at radius 1 is 1.06 bits per heavy atom. The molecule has 7 nitrogen and oxygen atoms in total. The number of para-hydroxylation sites is 1. The van der Waals surface area contributed by atoms with Gasteiger partial charge in [0.2, 0.25) is 15.9 Å². The number of ether oxygens (including phenoxy) is 1. The van der Waals surface area contributed by atoms with Gasteiger partial charge in [-0.15, -0.1) is 0 Å². The quantitative estimate of drug-likeness (QED) is 0.657. The number of carbonyl (C=O) groups is 1. The minimum Gasteiger partial charge on any atom is -0.496 e. The average molecular weight is 460 g/mol. The molecular weight excluding hydrogens is 426 g/mol. The molecule has 1 amide bonds. The summed E-state index contributed by atoms with van der Waals surface area (Å²) in [7, 11) is -2.26. The molecule has 0 aliphatic carbocycles. The van der Waals surface area contributed by atoms with E-state index in [2.05, 4.69) is 5.32 Å². The van der Waals surface area contributed by atoms with Gasteiger partial charge in [0, 0.05) is 51.3 Å². The molecule has 1 heterocycles. The molecule has 1 saturated heterocycles. The van der Waals surface area contributed by atoms with E-state index in [4.69, 9.17) is 4.74 Å². The second-order valence-electron chi connectivity index (χ2n) is 8.23. The summed E-state index contributed by atoms with van der Waals surface area (Å²) in [6, 6.07) is 11.0. The lowest BCUT2D eigenvalue weighted by atomic mass is 10.1. The Morgan fingerprint density at radius 3 is 2.41 bits per heavy atom. The molecule has 0 saturated carbocycles. The largest absolute Gasteiger partial charge is 0.496 e. The van der Waals surface area contributed by atoms with Gasteiger partial charge < -0.3 is 15.0 Å². The number of methoxy groups -OCH3 is 1. The summed E-state index contributed by atoms with van der Waals surface area (Å²) in [5.74, 6) is 0.599. The van der Waals surface area contributed by atoms with Crippen LogP contribution >= 0.6 is 0 Å². The van der Waals surface area contributed by atoms with Crippen LogP contribution in [-0.2, 0) is 21.4 Å². The fourth-order valence-electron chi connectivity index (χ4n) is 3.95. The van der Waals surface area contributed by atoms with Crippen LogP contribution in [0.1, 0.15) is 28.7 Å². The fraction of sp³-hybridized carbons (Fsp3) is 0.458. The number of rotatable bonds is 8. The average Bonchev–Trinajstić information content (AvgIpc) is 2.79. The van der Waals surface area contributed by atoms with Crippen molar-refractivity contribution in [3.8, 4) is 5.75 Å². The minimum absolute atomic E-state index is 0.0245. The molecule has 0 atom stereocenters. The van der Waals surface area contributed by atoms with E-state index in [1.165, 1.54) is 4.31 Å². The third-order valence-corrected chi connectivity index (χ3v) is 7.98. The molecule has 1 N–H and O–H groups in total. The molecule has 3 rings (SSSR count). The van der Waals surface area contributed by atoms with Crippen molar-refractivity contribution < 1.29 is 17.9 Å². The second kappa shape index (κ2) is 10.5. The molecule has 8 heteroatoms. The number of aryl methyl sites for hydroxylation is 3. The van der Waals surface area contributed by atoms with Gasteiger partial charge in [-0.05, 0) is 49.6 Å². The maximum atomic E-state index is 13.8. The summed E-state index contributed by atoms with van der Waals surface area (Å²) in [4.78, 5) is 14.8. The van der Waals surface area contributed by atoms with Crippen LogP contribution in [0.4, 0.5) is 0 Å². The van der Waals surface area contributed by atoms with Crippen molar-refractivity contribution in [3.05, 3.63) is 58.7 Å². The van der Waals surface area contributed by atoms with E-state index >= 15 is 0 Å². The number of carbonyl (C=O) groups excluding carboxylic acids is 1. The number of nitrogens with zero attached hydrogens (tertiary/aromatic N) is 2. The first kappa shape index (κ1) is 24.2. The zero-order valence-electron chi connectivity index (χ0n) is 19.3. The number of hydrogen-bond donors (Lipinski definition) is 1. The Morgan fingerprint density at radius 2 is 1.72 bits per heavy atom. The van der Waals surface area contributed by atoms with Crippen molar-refractivity contribution in [1.82, 2.24) is 14.5 Å². The van der Waals surface area contributed by atoms with Crippen LogP contribution in [0.5, 0.6) is 5.75 Å². The van der Waals surface area contributed by atoms with Gasteiger partial charge in [0.1, 0.15) is 5.75 Å². The Kier molecular flexibility index (Phi) is 7.92. The molecule has 32 heavy (non-hydrogen) atoms. The minimum atomic E-state index is -3.83. The molecule has 2 aromatic carbocycles. The maximum absolute atomic E-state index is 13.8. The highest BCUT2D eigenvalue weighted by molar-refractivity contribution is 7.89. The van der Waals surface area contributed by atoms with E-state index in [-0.39, 0.29) is 30.3 Å². The van der Waals surface area contributed by atoms with Crippen molar-refractivity contribution in [2.24, 2.45) is 0 Å². The van der Waals surface area contributed by atoms with Crippen molar-refractivity contribution in [2.45, 2.75) is 38.6 Å². The smallest absolute Gasteiger partial charge is 0.243 e. The Hall–Kier alpha value is -2.42. The number of amides is 1. The van der Waals surface area contributed by atoms with E-state index in [1.54, 1.807) is 18.1 Å². The van der Waals surface area contributed by atoms with Crippen molar-refractivity contribution in [3.63, 3.8) is 0 Å². The highest BCUT2D eigenvalue weighted by Crippen LogP contribution is 2.27. The second-order valence-corrected chi connectivity index (χ2v) is 10.1. The molecule has 0 spiro atoms. The molecule has 0 bridgehead atoms. The number of hydrogen-bond acceptors (Lipinski definition) is 5. The van der Waals surface area contributed by atoms with Gasteiger partial charge in [-0.1, -0.05) is 24.3 Å². The Bertz CT molecular complexity index is 1060. The molecule has 1 fully saturated rings. The van der Waals surface area contributed by atoms with Crippen molar-refractivity contribution >= 4 is 15.9 Å². The lowest BCUT2D eigenvalue weighted by Crippen LogP contribution is -2.47. The molecule has 0 unspecified atom stereocenters. The lowest BCUT2D eigenvalue weighted by Gasteiger charge is -2.29. The number of nitrogens with one attached hydrogen (secondary N) is 1. The predicted molar refractivity (Wildman–Crippen MR) is 125 cm³/mol. The molecule has 1 aliphatic rings. The first-order valence-corrected chi connectivity index (χ1v) is 12.4. The van der Waals surface area contributed by atoms with Gasteiger partial charge in [0.05, 0.1) is 12.0 Å². The topological polar surface area (TPSA) is 79.0 Å². The molecule has 1 aliphatic heterocycles. The van der Waals surface area contributed by atoms with Gasteiger partial charge >= 0.3 is 0 Å². The Labute approximate surface area is 191 Å². The number of benzene rings is 2. The van der Waals surface area contributed by atoms with Crippen LogP contribution in [0, 0.1) is 20.8 Å². The third-order valence-electron chi connectivity index (χ3n) is 5.99. The van der Waals surface area contributed by atoms with Gasteiger partial charge in [-0.3, -0.25) is 4.79 Å². The highest BCUT2D eigenvalue weighted by atomic mass is 32.2. The summed E-state index contributed by atoms with van der Waals surface area (Å²) >= 11 is 0. The molecular formula is C24H33N3O4S. The summed E-state index contributed by atoms with van der Waals surface area (Å²) in [6.45, 7) is 8.75. The van der Waals surface area contributed by atoms with E-state index in [0.29, 0.717) is 24.4 Å². The van der Waals surface area contributed by atoms with Crippen LogP contribution in [-0.4, -0.2) is 63.4 Å². The van der Waals surface area contributed by atoms with E-state index in [0.717, 1.165) is 29.8 Å². The van der Waals surface area contributed by atoms with E-state index < -0.39 is 10.0 Å². The van der Waals surface area contributed by atoms with Crippen molar-refractivity contribution in [1.29, 1.82) is 0 Å². The SMILES string of the molecule is COc1ccccc1CN(CCC(=O)N1CCNCC1)S(=O)(=O)c1cc(C)c(C)cc1C. The van der Waals surface area contributed by atoms with Crippen molar-refractivity contribution in [2.75, 3.05) is 39.8 Å². The maximum Gasteiger partial charge on any atom is 0.243 e. The summed E-state index contributed by atoms with van der Waals surface area (Å²) < 4.78 is 34.4. The molecule has 2 aromatic rings. The zero-order chi connectivity index (χ0) is 23.3. The number of piperazine rings is 1. The van der Waals surface area contributed by atoms with Crippen LogP contribution in [0.15, 0.2) is 41.3 Å². The normalized spacial score (nSPS) is 14.6. The molecule has 0 radical (unpaired) electrons. The zero-order valence-corrected chi connectivity index (χ0v) is 20.2. The van der Waals surface area contributed by atoms with Gasteiger partial charge in [-0.2, -0.15) is 4.31 Å². The van der Waals surface area contributed by atoms with Crippen LogP contribution in [0.2, 0.25) is 0 Å². The van der Waals surface area contributed by atoms with Gasteiger partial charge in [0.15, 0.2) is 0 Å². The molecule has 174 valence electrons. The standard InChI is InChI=1S/C24H33N3O4S/c1-18-15-20(3)23(16-19(18)2)32(29,30)27(17-21-7-5-6-8-22(21)31-4)12-9-24(28)26-13-10-25-11-14-26/h5-8,15-16,25H,9-14,17H2,1-4H3. The van der Waals surface area contributed by atoms with Crippen LogP contribution in [0.3, 0.4) is 0 Å². The Balaban J connectivity index is 1.92. The van der Waals surface area contributed by atoms with Crippen LogP contribution in [0.25, 0.3) is 0 Å². The first-order chi connectivity index (χ1) is 15.2. The van der Waals surface area contributed by atoms with Gasteiger partial charge in [0.25, 0.3) is 0 Å². The van der Waals surface area contributed by atoms with Crippen LogP contribution < -0.4 is 10.1 Å². The van der Waals surface area contributed by atoms with E-state index in [9.17, 15) is 13.2 Å². The number of sulfonamides is 1.